The number of halogens is 2. The van der Waals surface area contributed by atoms with Crippen molar-refractivity contribution >= 4 is 23.1 Å². The molecule has 2 amide bonds. The van der Waals surface area contributed by atoms with E-state index < -0.39 is 22.6 Å². The van der Waals surface area contributed by atoms with Crippen LogP contribution in [0, 0.1) is 21.7 Å². The van der Waals surface area contributed by atoms with Gasteiger partial charge in [-0.2, -0.15) is 0 Å². The third kappa shape index (κ3) is 3.72. The molecule has 0 radical (unpaired) electrons. The first-order chi connectivity index (χ1) is 9.95. The molecule has 2 aromatic carbocycles. The lowest BCUT2D eigenvalue weighted by molar-refractivity contribution is -0.384. The fourth-order valence-electron chi connectivity index (χ4n) is 1.54. The molecule has 0 saturated carbocycles. The maximum atomic E-state index is 13.3. The zero-order valence-corrected chi connectivity index (χ0v) is 10.5. The molecule has 2 rings (SSSR count). The molecule has 21 heavy (non-hydrogen) atoms. The van der Waals surface area contributed by atoms with Gasteiger partial charge in [-0.3, -0.25) is 10.1 Å². The van der Waals surface area contributed by atoms with Crippen molar-refractivity contribution in [2.24, 2.45) is 0 Å². The van der Waals surface area contributed by atoms with Gasteiger partial charge in [-0.1, -0.05) is 0 Å². The molecular formula is C13H9F2N3O3. The van der Waals surface area contributed by atoms with Gasteiger partial charge in [0, 0.05) is 23.9 Å². The Morgan fingerprint density at radius 2 is 1.71 bits per heavy atom. The second-order valence-electron chi connectivity index (χ2n) is 4.01. The Morgan fingerprint density at radius 3 is 2.29 bits per heavy atom. The number of urea groups is 1. The number of amides is 2. The summed E-state index contributed by atoms with van der Waals surface area (Å²) in [6, 6.07) is 7.07. The number of non-ortho nitro benzene ring substituents is 1. The molecular weight excluding hydrogens is 284 g/mol. The van der Waals surface area contributed by atoms with Crippen LogP contribution < -0.4 is 10.6 Å². The van der Waals surface area contributed by atoms with E-state index in [4.69, 9.17) is 0 Å². The lowest BCUT2D eigenvalue weighted by Crippen LogP contribution is -2.20. The standard InChI is InChI=1S/C13H9F2N3O3/c14-8-1-6-12(11(15)7-8)17-13(19)16-9-2-4-10(5-3-9)18(20)21/h1-7H,(H2,16,17,19). The summed E-state index contributed by atoms with van der Waals surface area (Å²) in [5, 5.41) is 15.0. The van der Waals surface area contributed by atoms with Crippen LogP contribution in [0.5, 0.6) is 0 Å². The Kier molecular flexibility index (Phi) is 4.07. The number of nitro benzene ring substituents is 1. The number of hydrogen-bond donors (Lipinski definition) is 2. The summed E-state index contributed by atoms with van der Waals surface area (Å²) in [5.74, 6) is -1.66. The number of carbonyl (C=O) groups is 1. The van der Waals surface area contributed by atoms with Gasteiger partial charge in [0.15, 0.2) is 0 Å². The van der Waals surface area contributed by atoms with Gasteiger partial charge in [-0.05, 0) is 24.3 Å². The van der Waals surface area contributed by atoms with Crippen molar-refractivity contribution in [3.63, 3.8) is 0 Å². The lowest BCUT2D eigenvalue weighted by atomic mass is 10.3. The first-order valence-electron chi connectivity index (χ1n) is 5.73. The Hall–Kier alpha value is -3.03. The van der Waals surface area contributed by atoms with Gasteiger partial charge in [0.2, 0.25) is 0 Å². The van der Waals surface area contributed by atoms with Crippen molar-refractivity contribution in [3.8, 4) is 0 Å². The van der Waals surface area contributed by atoms with Crippen molar-refractivity contribution in [1.29, 1.82) is 0 Å². The molecule has 0 spiro atoms. The molecule has 108 valence electrons. The SMILES string of the molecule is O=C(Nc1ccc([N+](=O)[O-])cc1)Nc1ccc(F)cc1F. The minimum Gasteiger partial charge on any atom is -0.308 e. The van der Waals surface area contributed by atoms with Crippen molar-refractivity contribution in [2.75, 3.05) is 10.6 Å². The molecule has 0 aliphatic rings. The zero-order valence-electron chi connectivity index (χ0n) is 10.5. The summed E-state index contributed by atoms with van der Waals surface area (Å²) in [6.45, 7) is 0. The molecule has 0 fully saturated rings. The van der Waals surface area contributed by atoms with E-state index in [-0.39, 0.29) is 11.4 Å². The van der Waals surface area contributed by atoms with E-state index in [1.54, 1.807) is 0 Å². The summed E-state index contributed by atoms with van der Waals surface area (Å²) in [7, 11) is 0. The molecule has 0 saturated heterocycles. The van der Waals surface area contributed by atoms with Crippen LogP contribution in [0.15, 0.2) is 42.5 Å². The summed E-state index contributed by atoms with van der Waals surface area (Å²) in [6.07, 6.45) is 0. The van der Waals surface area contributed by atoms with Crippen LogP contribution in [0.3, 0.4) is 0 Å². The molecule has 0 bridgehead atoms. The summed E-state index contributed by atoms with van der Waals surface area (Å²) >= 11 is 0. The minimum atomic E-state index is -0.908. The van der Waals surface area contributed by atoms with Crippen LogP contribution in [0.2, 0.25) is 0 Å². The zero-order chi connectivity index (χ0) is 15.4. The molecule has 0 heterocycles. The van der Waals surface area contributed by atoms with Crippen LogP contribution in [0.25, 0.3) is 0 Å². The first kappa shape index (κ1) is 14.4. The average molecular weight is 293 g/mol. The van der Waals surface area contributed by atoms with Crippen molar-refractivity contribution in [3.05, 3.63) is 64.2 Å². The van der Waals surface area contributed by atoms with Gasteiger partial charge in [-0.25, -0.2) is 13.6 Å². The maximum absolute atomic E-state index is 13.3. The number of hydrogen-bond acceptors (Lipinski definition) is 3. The molecule has 0 aliphatic carbocycles. The molecule has 2 N–H and O–H groups in total. The van der Waals surface area contributed by atoms with Gasteiger partial charge >= 0.3 is 6.03 Å². The Bertz CT molecular complexity index is 690. The molecule has 0 aromatic heterocycles. The highest BCUT2D eigenvalue weighted by molar-refractivity contribution is 5.99. The second kappa shape index (κ2) is 5.95. The third-order valence-electron chi connectivity index (χ3n) is 2.52. The van der Waals surface area contributed by atoms with E-state index in [2.05, 4.69) is 10.6 Å². The monoisotopic (exact) mass is 293 g/mol. The van der Waals surface area contributed by atoms with Crippen molar-refractivity contribution < 1.29 is 18.5 Å². The molecule has 8 heteroatoms. The number of rotatable bonds is 3. The predicted octanol–water partition coefficient (Wildman–Crippen LogP) is 3.52. The van der Waals surface area contributed by atoms with E-state index in [0.29, 0.717) is 11.8 Å². The van der Waals surface area contributed by atoms with E-state index >= 15 is 0 Å². The lowest BCUT2D eigenvalue weighted by Gasteiger charge is -2.08. The molecule has 2 aromatic rings. The van der Waals surface area contributed by atoms with Crippen molar-refractivity contribution in [1.82, 2.24) is 0 Å². The second-order valence-corrected chi connectivity index (χ2v) is 4.01. The van der Waals surface area contributed by atoms with Gasteiger partial charge in [-0.15, -0.1) is 0 Å². The molecule has 6 nitrogen and oxygen atoms in total. The Morgan fingerprint density at radius 1 is 1.05 bits per heavy atom. The predicted molar refractivity (Wildman–Crippen MR) is 72.1 cm³/mol. The van der Waals surface area contributed by atoms with E-state index in [1.807, 2.05) is 0 Å². The quantitative estimate of drug-likeness (QED) is 0.670. The first-order valence-corrected chi connectivity index (χ1v) is 5.73. The Balaban J connectivity index is 2.02. The maximum Gasteiger partial charge on any atom is 0.323 e. The highest BCUT2D eigenvalue weighted by Crippen LogP contribution is 2.17. The number of nitrogens with zero attached hydrogens (tertiary/aromatic N) is 1. The van der Waals surface area contributed by atoms with Gasteiger partial charge in [0.25, 0.3) is 5.69 Å². The number of nitrogens with one attached hydrogen (secondary N) is 2. The van der Waals surface area contributed by atoms with E-state index in [1.165, 1.54) is 24.3 Å². The average Bonchev–Trinajstić information content (AvgIpc) is 2.42. The fourth-order valence-corrected chi connectivity index (χ4v) is 1.54. The van der Waals surface area contributed by atoms with Crippen LogP contribution in [-0.4, -0.2) is 11.0 Å². The highest BCUT2D eigenvalue weighted by Gasteiger charge is 2.09. The smallest absolute Gasteiger partial charge is 0.308 e. The number of benzene rings is 2. The van der Waals surface area contributed by atoms with E-state index in [0.717, 1.165) is 12.1 Å². The highest BCUT2D eigenvalue weighted by atomic mass is 19.1. The fraction of sp³-hybridized carbons (Fsp3) is 0. The summed E-state index contributed by atoms with van der Waals surface area (Å²) < 4.78 is 26.0. The summed E-state index contributed by atoms with van der Waals surface area (Å²) in [5.41, 5.74) is -0.0121. The normalized spacial score (nSPS) is 10.0. The summed E-state index contributed by atoms with van der Waals surface area (Å²) in [4.78, 5) is 21.5. The van der Waals surface area contributed by atoms with E-state index in [9.17, 15) is 23.7 Å². The number of anilines is 2. The molecule has 0 unspecified atom stereocenters. The van der Waals surface area contributed by atoms with Crippen LogP contribution in [-0.2, 0) is 0 Å². The molecule has 0 atom stereocenters. The Labute approximate surface area is 117 Å². The largest absolute Gasteiger partial charge is 0.323 e. The minimum absolute atomic E-state index is 0.120. The molecule has 0 aliphatic heterocycles. The van der Waals surface area contributed by atoms with Gasteiger partial charge in [0.05, 0.1) is 10.6 Å². The van der Waals surface area contributed by atoms with Gasteiger partial charge in [0.1, 0.15) is 11.6 Å². The van der Waals surface area contributed by atoms with Crippen LogP contribution >= 0.6 is 0 Å². The van der Waals surface area contributed by atoms with Gasteiger partial charge < -0.3 is 10.6 Å². The van der Waals surface area contributed by atoms with Crippen LogP contribution in [0.4, 0.5) is 30.6 Å². The van der Waals surface area contributed by atoms with Crippen molar-refractivity contribution in [2.45, 2.75) is 0 Å². The topological polar surface area (TPSA) is 84.3 Å². The number of carbonyl (C=O) groups excluding carboxylic acids is 1. The van der Waals surface area contributed by atoms with Crippen LogP contribution in [0.1, 0.15) is 0 Å². The third-order valence-corrected chi connectivity index (χ3v) is 2.52. The number of nitro groups is 1.